The highest BCUT2D eigenvalue weighted by Crippen LogP contribution is 2.15. The first-order valence-corrected chi connectivity index (χ1v) is 7.36. The van der Waals surface area contributed by atoms with Gasteiger partial charge < -0.3 is 5.32 Å². The fourth-order valence-electron chi connectivity index (χ4n) is 1.50. The molecular formula is C12H20N2O2S. The van der Waals surface area contributed by atoms with E-state index in [-0.39, 0.29) is 0 Å². The Labute approximate surface area is 103 Å². The van der Waals surface area contributed by atoms with Crippen molar-refractivity contribution in [1.29, 1.82) is 0 Å². The fourth-order valence-corrected chi connectivity index (χ4v) is 2.27. The highest BCUT2D eigenvalue weighted by atomic mass is 32.2. The van der Waals surface area contributed by atoms with Gasteiger partial charge in [0.25, 0.3) is 0 Å². The Morgan fingerprint density at radius 3 is 2.65 bits per heavy atom. The van der Waals surface area contributed by atoms with Crippen LogP contribution < -0.4 is 10.0 Å². The second-order valence-corrected chi connectivity index (χ2v) is 5.76. The largest absolute Gasteiger partial charge is 0.385 e. The van der Waals surface area contributed by atoms with Gasteiger partial charge in [0.2, 0.25) is 10.0 Å². The number of anilines is 1. The first-order chi connectivity index (χ1) is 8.10. The van der Waals surface area contributed by atoms with E-state index in [4.69, 9.17) is 0 Å². The van der Waals surface area contributed by atoms with E-state index < -0.39 is 10.0 Å². The van der Waals surface area contributed by atoms with Gasteiger partial charge in [-0.2, -0.15) is 0 Å². The number of sulfonamides is 1. The predicted molar refractivity (Wildman–Crippen MR) is 70.7 cm³/mol. The molecule has 4 nitrogen and oxygen atoms in total. The van der Waals surface area contributed by atoms with Crippen molar-refractivity contribution in [3.8, 4) is 0 Å². The molecule has 0 heterocycles. The van der Waals surface area contributed by atoms with Crippen molar-refractivity contribution in [2.45, 2.75) is 31.1 Å². The zero-order valence-corrected chi connectivity index (χ0v) is 11.2. The predicted octanol–water partition coefficient (Wildman–Crippen LogP) is 2.20. The molecule has 1 aromatic carbocycles. The normalized spacial score (nSPS) is 11.4. The van der Waals surface area contributed by atoms with Crippen LogP contribution in [0.3, 0.4) is 0 Å². The van der Waals surface area contributed by atoms with Gasteiger partial charge in [0, 0.05) is 12.2 Å². The van der Waals surface area contributed by atoms with Crippen molar-refractivity contribution in [2.75, 3.05) is 18.9 Å². The third kappa shape index (κ3) is 4.36. The van der Waals surface area contributed by atoms with Crippen molar-refractivity contribution in [3.05, 3.63) is 24.3 Å². The Balaban J connectivity index is 2.67. The van der Waals surface area contributed by atoms with Gasteiger partial charge in [-0.3, -0.25) is 0 Å². The quantitative estimate of drug-likeness (QED) is 0.735. The topological polar surface area (TPSA) is 58.2 Å². The smallest absolute Gasteiger partial charge is 0.240 e. The first kappa shape index (κ1) is 14.0. The summed E-state index contributed by atoms with van der Waals surface area (Å²) in [5.41, 5.74) is 0.845. The lowest BCUT2D eigenvalue weighted by Gasteiger charge is -2.08. The van der Waals surface area contributed by atoms with E-state index in [1.54, 1.807) is 18.2 Å². The number of benzene rings is 1. The fraction of sp³-hybridized carbons (Fsp3) is 0.500. The number of hydrogen-bond donors (Lipinski definition) is 2. The zero-order chi connectivity index (χ0) is 12.7. The van der Waals surface area contributed by atoms with Gasteiger partial charge in [-0.15, -0.1) is 0 Å². The van der Waals surface area contributed by atoms with Crippen LogP contribution in [0, 0.1) is 0 Å². The van der Waals surface area contributed by atoms with E-state index >= 15 is 0 Å². The van der Waals surface area contributed by atoms with Crippen molar-refractivity contribution >= 4 is 15.7 Å². The Bertz CT molecular complexity index is 444. The molecule has 17 heavy (non-hydrogen) atoms. The van der Waals surface area contributed by atoms with E-state index in [0.717, 1.165) is 18.7 Å². The lowest BCUT2D eigenvalue weighted by Crippen LogP contribution is -2.18. The lowest BCUT2D eigenvalue weighted by atomic mass is 10.2. The summed E-state index contributed by atoms with van der Waals surface area (Å²) in [5, 5.41) is 3.22. The summed E-state index contributed by atoms with van der Waals surface area (Å²) in [6.07, 6.45) is 3.46. The zero-order valence-electron chi connectivity index (χ0n) is 10.4. The first-order valence-electron chi connectivity index (χ1n) is 5.87. The van der Waals surface area contributed by atoms with E-state index in [9.17, 15) is 8.42 Å². The summed E-state index contributed by atoms with van der Waals surface area (Å²) in [5.74, 6) is 0. The summed E-state index contributed by atoms with van der Waals surface area (Å²) in [7, 11) is -1.93. The average molecular weight is 256 g/mol. The standard InChI is InChI=1S/C12H20N2O2S/c1-3-4-5-9-14-11-7-6-8-12(10-11)17(15,16)13-2/h6-8,10,13-14H,3-5,9H2,1-2H3. The number of rotatable bonds is 7. The molecule has 0 fully saturated rings. The molecule has 96 valence electrons. The van der Waals surface area contributed by atoms with Gasteiger partial charge in [0.05, 0.1) is 4.90 Å². The molecule has 0 spiro atoms. The van der Waals surface area contributed by atoms with Crippen LogP contribution in [0.15, 0.2) is 29.2 Å². The van der Waals surface area contributed by atoms with Crippen LogP contribution in [0.1, 0.15) is 26.2 Å². The van der Waals surface area contributed by atoms with E-state index in [2.05, 4.69) is 17.0 Å². The maximum absolute atomic E-state index is 11.6. The number of hydrogen-bond acceptors (Lipinski definition) is 3. The van der Waals surface area contributed by atoms with Gasteiger partial charge in [-0.05, 0) is 31.7 Å². The van der Waals surface area contributed by atoms with Crippen LogP contribution in [-0.4, -0.2) is 22.0 Å². The van der Waals surface area contributed by atoms with Crippen LogP contribution in [0.25, 0.3) is 0 Å². The van der Waals surface area contributed by atoms with E-state index in [1.807, 2.05) is 6.07 Å². The van der Waals surface area contributed by atoms with Gasteiger partial charge in [-0.1, -0.05) is 25.8 Å². The maximum atomic E-state index is 11.6. The molecule has 0 aliphatic rings. The Kier molecular flexibility index (Phi) is 5.44. The minimum Gasteiger partial charge on any atom is -0.385 e. The van der Waals surface area contributed by atoms with Crippen LogP contribution >= 0.6 is 0 Å². The molecule has 0 unspecified atom stereocenters. The third-order valence-corrected chi connectivity index (χ3v) is 3.93. The second kappa shape index (κ2) is 6.61. The lowest BCUT2D eigenvalue weighted by molar-refractivity contribution is 0.588. The molecule has 0 radical (unpaired) electrons. The van der Waals surface area contributed by atoms with Gasteiger partial charge in [0.15, 0.2) is 0 Å². The Morgan fingerprint density at radius 2 is 2.00 bits per heavy atom. The molecule has 0 saturated carbocycles. The average Bonchev–Trinajstić information content (AvgIpc) is 2.35. The van der Waals surface area contributed by atoms with Gasteiger partial charge >= 0.3 is 0 Å². The monoisotopic (exact) mass is 256 g/mol. The van der Waals surface area contributed by atoms with Crippen molar-refractivity contribution in [3.63, 3.8) is 0 Å². The molecule has 1 rings (SSSR count). The molecular weight excluding hydrogens is 236 g/mol. The van der Waals surface area contributed by atoms with Gasteiger partial charge in [-0.25, -0.2) is 13.1 Å². The highest BCUT2D eigenvalue weighted by molar-refractivity contribution is 7.89. The molecule has 0 aromatic heterocycles. The molecule has 0 atom stereocenters. The Morgan fingerprint density at radius 1 is 1.24 bits per heavy atom. The molecule has 5 heteroatoms. The second-order valence-electron chi connectivity index (χ2n) is 3.87. The van der Waals surface area contributed by atoms with Crippen LogP contribution in [-0.2, 0) is 10.0 Å². The summed E-state index contributed by atoms with van der Waals surface area (Å²) in [6, 6.07) is 6.85. The molecule has 0 aliphatic heterocycles. The minimum atomic E-state index is -3.35. The molecule has 0 amide bonds. The van der Waals surface area contributed by atoms with E-state index in [1.165, 1.54) is 19.9 Å². The third-order valence-electron chi connectivity index (χ3n) is 2.52. The summed E-state index contributed by atoms with van der Waals surface area (Å²) in [4.78, 5) is 0.292. The summed E-state index contributed by atoms with van der Waals surface area (Å²) >= 11 is 0. The summed E-state index contributed by atoms with van der Waals surface area (Å²) in [6.45, 7) is 3.02. The summed E-state index contributed by atoms with van der Waals surface area (Å²) < 4.78 is 25.5. The van der Waals surface area contributed by atoms with Gasteiger partial charge in [0.1, 0.15) is 0 Å². The number of nitrogens with one attached hydrogen (secondary N) is 2. The molecule has 0 aliphatic carbocycles. The molecule has 1 aromatic rings. The maximum Gasteiger partial charge on any atom is 0.240 e. The molecule has 0 bridgehead atoms. The van der Waals surface area contributed by atoms with Crippen molar-refractivity contribution in [2.24, 2.45) is 0 Å². The van der Waals surface area contributed by atoms with Crippen molar-refractivity contribution < 1.29 is 8.42 Å². The highest BCUT2D eigenvalue weighted by Gasteiger charge is 2.10. The van der Waals surface area contributed by atoms with Crippen molar-refractivity contribution in [1.82, 2.24) is 4.72 Å². The van der Waals surface area contributed by atoms with Crippen LogP contribution in [0.2, 0.25) is 0 Å². The SMILES string of the molecule is CCCCCNc1cccc(S(=O)(=O)NC)c1. The van der Waals surface area contributed by atoms with Crippen LogP contribution in [0.4, 0.5) is 5.69 Å². The van der Waals surface area contributed by atoms with E-state index in [0.29, 0.717) is 4.90 Å². The number of unbranched alkanes of at least 4 members (excludes halogenated alkanes) is 2. The van der Waals surface area contributed by atoms with Crippen LogP contribution in [0.5, 0.6) is 0 Å². The molecule has 0 saturated heterocycles. The minimum absolute atomic E-state index is 0.292. The molecule has 2 N–H and O–H groups in total. The Hall–Kier alpha value is -1.07.